The van der Waals surface area contributed by atoms with E-state index >= 15 is 0 Å². The first-order valence-electron chi connectivity index (χ1n) is 7.18. The molecular formula is C17H21N3O3. The highest BCUT2D eigenvalue weighted by atomic mass is 16.5. The summed E-state index contributed by atoms with van der Waals surface area (Å²) in [5.74, 6) is 1.77. The quantitative estimate of drug-likeness (QED) is 0.858. The zero-order valence-corrected chi connectivity index (χ0v) is 13.9. The van der Waals surface area contributed by atoms with Crippen LogP contribution in [-0.2, 0) is 0 Å². The van der Waals surface area contributed by atoms with Crippen LogP contribution in [0.25, 0.3) is 0 Å². The van der Waals surface area contributed by atoms with E-state index in [1.165, 1.54) is 16.0 Å². The molecule has 0 radical (unpaired) electrons. The Kier molecular flexibility index (Phi) is 5.05. The van der Waals surface area contributed by atoms with Gasteiger partial charge in [0, 0.05) is 24.9 Å². The number of aliphatic imine (C=N–C) groups is 1. The van der Waals surface area contributed by atoms with Gasteiger partial charge in [-0.3, -0.25) is 9.89 Å². The number of allylic oxidation sites excluding steroid dienone is 1. The van der Waals surface area contributed by atoms with E-state index in [9.17, 15) is 4.79 Å². The lowest BCUT2D eigenvalue weighted by molar-refractivity contribution is 0.226. The third kappa shape index (κ3) is 2.92. The second kappa shape index (κ2) is 7.00. The van der Waals surface area contributed by atoms with Crippen molar-refractivity contribution in [3.05, 3.63) is 42.6 Å². The summed E-state index contributed by atoms with van der Waals surface area (Å²) in [5, 5.41) is 0. The molecule has 1 saturated heterocycles. The lowest BCUT2D eigenvalue weighted by atomic mass is 10.1. The van der Waals surface area contributed by atoms with Crippen molar-refractivity contribution < 1.29 is 14.3 Å². The van der Waals surface area contributed by atoms with Gasteiger partial charge in [-0.1, -0.05) is 12.7 Å². The molecule has 6 nitrogen and oxygen atoms in total. The summed E-state index contributed by atoms with van der Waals surface area (Å²) in [6, 6.07) is 5.06. The van der Waals surface area contributed by atoms with E-state index in [2.05, 4.69) is 11.6 Å². The lowest BCUT2D eigenvalue weighted by Gasteiger charge is -2.36. The van der Waals surface area contributed by atoms with Crippen LogP contribution in [0.5, 0.6) is 11.5 Å². The summed E-state index contributed by atoms with van der Waals surface area (Å²) in [4.78, 5) is 20.2. The average molecular weight is 315 g/mol. The molecule has 0 spiro atoms. The number of anilines is 1. The van der Waals surface area contributed by atoms with Crippen molar-refractivity contribution in [1.29, 1.82) is 0 Å². The predicted molar refractivity (Wildman–Crippen MR) is 91.4 cm³/mol. The molecule has 1 heterocycles. The number of carbonyl (C=O) groups excluding carboxylic acids is 1. The SMILES string of the molecule is C=CN1C/C(=C/C)C(=NC)N(c2ccc(OC)cc2OC)C1=O. The molecule has 1 aliphatic heterocycles. The summed E-state index contributed by atoms with van der Waals surface area (Å²) in [6.45, 7) is 6.08. The third-order valence-electron chi connectivity index (χ3n) is 3.69. The zero-order chi connectivity index (χ0) is 17.0. The monoisotopic (exact) mass is 315 g/mol. The van der Waals surface area contributed by atoms with Crippen LogP contribution >= 0.6 is 0 Å². The predicted octanol–water partition coefficient (Wildman–Crippen LogP) is 3.06. The molecule has 0 unspecified atom stereocenters. The number of nitrogens with zero attached hydrogens (tertiary/aromatic N) is 3. The Morgan fingerprint density at radius 2 is 2.04 bits per heavy atom. The van der Waals surface area contributed by atoms with Crippen LogP contribution in [0.4, 0.5) is 10.5 Å². The minimum absolute atomic E-state index is 0.227. The molecule has 0 N–H and O–H groups in total. The first-order valence-corrected chi connectivity index (χ1v) is 7.18. The standard InChI is InChI=1S/C17H21N3O3/c1-6-12-11-19(7-2)17(21)20(16(12)18-3)14-9-8-13(22-4)10-15(14)23-5/h6-10H,2,11H2,1,3-5H3/b12-6-,18-16?. The fourth-order valence-electron chi connectivity index (χ4n) is 2.48. The van der Waals surface area contributed by atoms with E-state index in [4.69, 9.17) is 9.47 Å². The van der Waals surface area contributed by atoms with Gasteiger partial charge in [-0.25, -0.2) is 9.69 Å². The molecule has 0 bridgehead atoms. The van der Waals surface area contributed by atoms with Crippen molar-refractivity contribution in [3.63, 3.8) is 0 Å². The van der Waals surface area contributed by atoms with Gasteiger partial charge in [0.1, 0.15) is 17.3 Å². The van der Waals surface area contributed by atoms with Gasteiger partial charge in [-0.2, -0.15) is 0 Å². The van der Waals surface area contributed by atoms with E-state index in [0.717, 1.165) is 5.57 Å². The maximum atomic E-state index is 12.8. The smallest absolute Gasteiger partial charge is 0.334 e. The fourth-order valence-corrected chi connectivity index (χ4v) is 2.48. The minimum atomic E-state index is -0.227. The summed E-state index contributed by atoms with van der Waals surface area (Å²) in [7, 11) is 4.80. The van der Waals surface area contributed by atoms with Gasteiger partial charge in [0.2, 0.25) is 0 Å². The third-order valence-corrected chi connectivity index (χ3v) is 3.69. The molecule has 23 heavy (non-hydrogen) atoms. The van der Waals surface area contributed by atoms with E-state index in [-0.39, 0.29) is 6.03 Å². The van der Waals surface area contributed by atoms with E-state index in [0.29, 0.717) is 29.6 Å². The molecule has 1 fully saturated rings. The second-order valence-electron chi connectivity index (χ2n) is 4.83. The van der Waals surface area contributed by atoms with E-state index < -0.39 is 0 Å². The molecule has 1 aliphatic rings. The number of ether oxygens (including phenoxy) is 2. The molecular weight excluding hydrogens is 294 g/mol. The van der Waals surface area contributed by atoms with Gasteiger partial charge in [-0.05, 0) is 19.1 Å². The molecule has 0 atom stereocenters. The molecule has 6 heteroatoms. The Morgan fingerprint density at radius 3 is 2.57 bits per heavy atom. The number of amides is 2. The summed E-state index contributed by atoms with van der Waals surface area (Å²) < 4.78 is 10.6. The van der Waals surface area contributed by atoms with E-state index in [1.54, 1.807) is 39.5 Å². The van der Waals surface area contributed by atoms with Crippen molar-refractivity contribution in [2.24, 2.45) is 4.99 Å². The second-order valence-corrected chi connectivity index (χ2v) is 4.83. The Hall–Kier alpha value is -2.76. The summed E-state index contributed by atoms with van der Waals surface area (Å²) in [6.07, 6.45) is 3.45. The molecule has 0 saturated carbocycles. The van der Waals surface area contributed by atoms with Crippen LogP contribution in [-0.4, -0.2) is 44.6 Å². The molecule has 2 amide bonds. The molecule has 0 aliphatic carbocycles. The number of benzene rings is 1. The van der Waals surface area contributed by atoms with Crippen molar-refractivity contribution >= 4 is 17.6 Å². The Bertz CT molecular complexity index is 680. The van der Waals surface area contributed by atoms with Crippen LogP contribution in [0.3, 0.4) is 0 Å². The Labute approximate surface area is 136 Å². The zero-order valence-electron chi connectivity index (χ0n) is 13.9. The highest BCUT2D eigenvalue weighted by Gasteiger charge is 2.34. The largest absolute Gasteiger partial charge is 0.497 e. The van der Waals surface area contributed by atoms with Crippen LogP contribution in [0.15, 0.2) is 47.6 Å². The first kappa shape index (κ1) is 16.6. The summed E-state index contributed by atoms with van der Waals surface area (Å²) >= 11 is 0. The molecule has 1 aromatic carbocycles. The average Bonchev–Trinajstić information content (AvgIpc) is 2.60. The maximum Gasteiger partial charge on any atom is 0.334 e. The van der Waals surface area contributed by atoms with Crippen molar-refractivity contribution in [2.75, 3.05) is 32.7 Å². The van der Waals surface area contributed by atoms with Crippen LogP contribution < -0.4 is 14.4 Å². The highest BCUT2D eigenvalue weighted by molar-refractivity contribution is 6.25. The minimum Gasteiger partial charge on any atom is -0.497 e. The van der Waals surface area contributed by atoms with Gasteiger partial charge >= 0.3 is 6.03 Å². The Morgan fingerprint density at radius 1 is 1.30 bits per heavy atom. The van der Waals surface area contributed by atoms with Gasteiger partial charge in [0.25, 0.3) is 0 Å². The molecule has 0 aromatic heterocycles. The van der Waals surface area contributed by atoms with Crippen LogP contribution in [0, 0.1) is 0 Å². The van der Waals surface area contributed by atoms with Crippen molar-refractivity contribution in [3.8, 4) is 11.5 Å². The number of hydrogen-bond donors (Lipinski definition) is 0. The van der Waals surface area contributed by atoms with Crippen LogP contribution in [0.2, 0.25) is 0 Å². The summed E-state index contributed by atoms with van der Waals surface area (Å²) in [5.41, 5.74) is 1.54. The van der Waals surface area contributed by atoms with Gasteiger partial charge in [0.05, 0.1) is 26.5 Å². The number of amidine groups is 1. The number of carbonyl (C=O) groups is 1. The lowest BCUT2D eigenvalue weighted by Crippen LogP contribution is -2.52. The number of rotatable bonds is 4. The van der Waals surface area contributed by atoms with Crippen molar-refractivity contribution in [2.45, 2.75) is 6.92 Å². The van der Waals surface area contributed by atoms with Gasteiger partial charge in [0.15, 0.2) is 0 Å². The van der Waals surface area contributed by atoms with Crippen molar-refractivity contribution in [1.82, 2.24) is 4.90 Å². The first-order chi connectivity index (χ1) is 11.1. The topological polar surface area (TPSA) is 54.4 Å². The highest BCUT2D eigenvalue weighted by Crippen LogP contribution is 2.35. The van der Waals surface area contributed by atoms with Gasteiger partial charge < -0.3 is 9.47 Å². The number of methoxy groups -OCH3 is 2. The molecule has 122 valence electrons. The fraction of sp³-hybridized carbons (Fsp3) is 0.294. The van der Waals surface area contributed by atoms with E-state index in [1.807, 2.05) is 13.0 Å². The normalized spacial score (nSPS) is 18.5. The number of hydrogen-bond acceptors (Lipinski definition) is 4. The Balaban J connectivity index is 2.61. The van der Waals surface area contributed by atoms with Gasteiger partial charge in [-0.15, -0.1) is 0 Å². The number of urea groups is 1. The molecule has 1 aromatic rings. The maximum absolute atomic E-state index is 12.8. The molecule has 2 rings (SSSR count). The van der Waals surface area contributed by atoms with Crippen LogP contribution in [0.1, 0.15) is 6.92 Å².